The van der Waals surface area contributed by atoms with Crippen LogP contribution in [0.25, 0.3) is 0 Å². The average Bonchev–Trinajstić information content (AvgIpc) is 2.68. The first kappa shape index (κ1) is 13.2. The smallest absolute Gasteiger partial charge is 0.116 e. The van der Waals surface area contributed by atoms with Crippen molar-refractivity contribution in [1.82, 2.24) is 5.32 Å². The van der Waals surface area contributed by atoms with E-state index in [4.69, 9.17) is 0 Å². The van der Waals surface area contributed by atoms with Crippen molar-refractivity contribution < 1.29 is 5.11 Å². The molecule has 0 bridgehead atoms. The summed E-state index contributed by atoms with van der Waals surface area (Å²) < 4.78 is 0. The van der Waals surface area contributed by atoms with Gasteiger partial charge in [0.1, 0.15) is 5.75 Å². The fourth-order valence-corrected chi connectivity index (χ4v) is 2.83. The Bertz CT molecular complexity index is 403. The van der Waals surface area contributed by atoms with Gasteiger partial charge in [0.2, 0.25) is 0 Å². The van der Waals surface area contributed by atoms with Crippen LogP contribution in [0.1, 0.15) is 38.2 Å². The van der Waals surface area contributed by atoms with Gasteiger partial charge in [-0.05, 0) is 64.0 Å². The highest BCUT2D eigenvalue weighted by molar-refractivity contribution is 5.62. The zero-order chi connectivity index (χ0) is 13.1. The minimum Gasteiger partial charge on any atom is -0.508 e. The molecule has 0 aromatic heterocycles. The van der Waals surface area contributed by atoms with Gasteiger partial charge in [0, 0.05) is 24.2 Å². The lowest BCUT2D eigenvalue weighted by molar-refractivity contribution is 0.474. The van der Waals surface area contributed by atoms with Crippen LogP contribution in [0.4, 0.5) is 5.69 Å². The summed E-state index contributed by atoms with van der Waals surface area (Å²) in [7, 11) is 1.99. The van der Waals surface area contributed by atoms with Crippen molar-refractivity contribution in [2.75, 3.05) is 25.0 Å². The fourth-order valence-electron chi connectivity index (χ4n) is 2.83. The number of aromatic hydroxyl groups is 1. The molecule has 3 nitrogen and oxygen atoms in total. The maximum atomic E-state index is 9.68. The van der Waals surface area contributed by atoms with Gasteiger partial charge < -0.3 is 15.3 Å². The van der Waals surface area contributed by atoms with E-state index in [1.54, 1.807) is 6.07 Å². The molecule has 1 aliphatic heterocycles. The van der Waals surface area contributed by atoms with Crippen LogP contribution in [0.3, 0.4) is 0 Å². The quantitative estimate of drug-likeness (QED) is 0.786. The van der Waals surface area contributed by atoms with E-state index in [1.807, 2.05) is 13.1 Å². The summed E-state index contributed by atoms with van der Waals surface area (Å²) in [4.78, 5) is 2.44. The highest BCUT2D eigenvalue weighted by Gasteiger charge is 2.29. The number of anilines is 1. The van der Waals surface area contributed by atoms with Gasteiger partial charge >= 0.3 is 0 Å². The third kappa shape index (κ3) is 2.61. The Morgan fingerprint density at radius 2 is 2.22 bits per heavy atom. The molecule has 1 aliphatic rings. The van der Waals surface area contributed by atoms with E-state index in [2.05, 4.69) is 30.1 Å². The van der Waals surface area contributed by atoms with Gasteiger partial charge in [-0.15, -0.1) is 0 Å². The monoisotopic (exact) mass is 248 g/mol. The number of nitrogens with zero attached hydrogens (tertiary/aromatic N) is 1. The Morgan fingerprint density at radius 3 is 2.89 bits per heavy atom. The third-order valence-corrected chi connectivity index (χ3v) is 3.78. The largest absolute Gasteiger partial charge is 0.508 e. The molecule has 1 unspecified atom stereocenters. The van der Waals surface area contributed by atoms with E-state index in [0.29, 0.717) is 17.7 Å². The zero-order valence-electron chi connectivity index (χ0n) is 11.6. The first-order valence-corrected chi connectivity index (χ1v) is 6.87. The summed E-state index contributed by atoms with van der Waals surface area (Å²) in [5.41, 5.74) is 2.62. The van der Waals surface area contributed by atoms with Gasteiger partial charge in [0.05, 0.1) is 0 Å². The van der Waals surface area contributed by atoms with E-state index in [0.717, 1.165) is 13.1 Å². The highest BCUT2D eigenvalue weighted by atomic mass is 16.3. The molecule has 3 heteroatoms. The van der Waals surface area contributed by atoms with Crippen molar-refractivity contribution in [3.8, 4) is 5.75 Å². The predicted octanol–water partition coefficient (Wildman–Crippen LogP) is 2.70. The number of phenolic OH excluding ortho intramolecular Hbond substituents is 1. The summed E-state index contributed by atoms with van der Waals surface area (Å²) >= 11 is 0. The predicted molar refractivity (Wildman–Crippen MR) is 76.5 cm³/mol. The summed E-state index contributed by atoms with van der Waals surface area (Å²) in [6.07, 6.45) is 2.36. The molecule has 0 saturated carbocycles. The summed E-state index contributed by atoms with van der Waals surface area (Å²) in [6.45, 7) is 6.60. The fraction of sp³-hybridized carbons (Fsp3) is 0.600. The van der Waals surface area contributed by atoms with Gasteiger partial charge in [-0.1, -0.05) is 0 Å². The van der Waals surface area contributed by atoms with Crippen LogP contribution in [-0.4, -0.2) is 31.3 Å². The SMILES string of the molecule is CNCCCC1CN(C(C)C)c2ccc(O)cc21. The first-order valence-electron chi connectivity index (χ1n) is 6.87. The lowest BCUT2D eigenvalue weighted by atomic mass is 9.96. The lowest BCUT2D eigenvalue weighted by Crippen LogP contribution is -2.29. The molecule has 18 heavy (non-hydrogen) atoms. The zero-order valence-corrected chi connectivity index (χ0v) is 11.6. The molecular weight excluding hydrogens is 224 g/mol. The van der Waals surface area contributed by atoms with Crippen LogP contribution in [0.15, 0.2) is 18.2 Å². The molecule has 100 valence electrons. The van der Waals surface area contributed by atoms with Crippen LogP contribution in [0, 0.1) is 0 Å². The average molecular weight is 248 g/mol. The minimum atomic E-state index is 0.387. The van der Waals surface area contributed by atoms with Crippen LogP contribution in [-0.2, 0) is 0 Å². The molecular formula is C15H24N2O. The molecule has 0 saturated heterocycles. The summed E-state index contributed by atoms with van der Waals surface area (Å²) in [6, 6.07) is 6.32. The van der Waals surface area contributed by atoms with Crippen molar-refractivity contribution in [2.24, 2.45) is 0 Å². The standard InChI is InChI=1S/C15H24N2O/c1-11(2)17-10-12(5-4-8-16-3)14-9-13(18)6-7-15(14)17/h6-7,9,11-12,16,18H,4-5,8,10H2,1-3H3. The molecule has 1 heterocycles. The summed E-state index contributed by atoms with van der Waals surface area (Å²) in [5, 5.41) is 12.9. The van der Waals surface area contributed by atoms with Crippen LogP contribution < -0.4 is 10.2 Å². The Morgan fingerprint density at radius 1 is 1.44 bits per heavy atom. The van der Waals surface area contributed by atoms with Gasteiger partial charge in [-0.25, -0.2) is 0 Å². The Hall–Kier alpha value is -1.22. The maximum Gasteiger partial charge on any atom is 0.116 e. The Labute approximate surface area is 110 Å². The van der Waals surface area contributed by atoms with Crippen molar-refractivity contribution >= 4 is 5.69 Å². The molecule has 0 fully saturated rings. The van der Waals surface area contributed by atoms with Crippen molar-refractivity contribution in [3.05, 3.63) is 23.8 Å². The maximum absolute atomic E-state index is 9.68. The highest BCUT2D eigenvalue weighted by Crippen LogP contribution is 2.41. The second kappa shape index (κ2) is 5.61. The van der Waals surface area contributed by atoms with E-state index in [1.165, 1.54) is 24.1 Å². The molecule has 0 radical (unpaired) electrons. The Kier molecular flexibility index (Phi) is 4.12. The van der Waals surface area contributed by atoms with E-state index in [-0.39, 0.29) is 0 Å². The molecule has 0 amide bonds. The second-order valence-corrected chi connectivity index (χ2v) is 5.43. The van der Waals surface area contributed by atoms with Crippen LogP contribution in [0.2, 0.25) is 0 Å². The van der Waals surface area contributed by atoms with E-state index >= 15 is 0 Å². The minimum absolute atomic E-state index is 0.387. The normalized spacial score (nSPS) is 18.4. The molecule has 0 aliphatic carbocycles. The number of benzene rings is 1. The number of rotatable bonds is 5. The molecule has 1 aromatic rings. The molecule has 2 N–H and O–H groups in total. The van der Waals surface area contributed by atoms with Crippen LogP contribution in [0.5, 0.6) is 5.75 Å². The number of phenols is 1. The third-order valence-electron chi connectivity index (χ3n) is 3.78. The molecule has 0 spiro atoms. The van der Waals surface area contributed by atoms with Crippen molar-refractivity contribution in [3.63, 3.8) is 0 Å². The summed E-state index contributed by atoms with van der Waals surface area (Å²) in [5.74, 6) is 0.945. The molecule has 1 atom stereocenters. The Balaban J connectivity index is 2.18. The van der Waals surface area contributed by atoms with Crippen molar-refractivity contribution in [1.29, 1.82) is 0 Å². The second-order valence-electron chi connectivity index (χ2n) is 5.43. The van der Waals surface area contributed by atoms with Gasteiger partial charge in [-0.3, -0.25) is 0 Å². The molecule has 2 rings (SSSR count). The van der Waals surface area contributed by atoms with E-state index in [9.17, 15) is 5.11 Å². The van der Waals surface area contributed by atoms with E-state index < -0.39 is 0 Å². The topological polar surface area (TPSA) is 35.5 Å². The number of hydrogen-bond donors (Lipinski definition) is 2. The lowest BCUT2D eigenvalue weighted by Gasteiger charge is -2.24. The van der Waals surface area contributed by atoms with Gasteiger partial charge in [-0.2, -0.15) is 0 Å². The van der Waals surface area contributed by atoms with Crippen LogP contribution >= 0.6 is 0 Å². The molecule has 1 aromatic carbocycles. The number of hydrogen-bond acceptors (Lipinski definition) is 3. The van der Waals surface area contributed by atoms with Crippen molar-refractivity contribution in [2.45, 2.75) is 38.6 Å². The number of fused-ring (bicyclic) bond motifs is 1. The van der Waals surface area contributed by atoms with Gasteiger partial charge in [0.25, 0.3) is 0 Å². The van der Waals surface area contributed by atoms with Gasteiger partial charge in [0.15, 0.2) is 0 Å². The first-order chi connectivity index (χ1) is 8.63. The number of nitrogens with one attached hydrogen (secondary N) is 1.